The molecule has 0 aliphatic heterocycles. The normalized spacial score (nSPS) is 12.6. The third-order valence-electron chi connectivity index (χ3n) is 5.77. The number of nitrogens with one attached hydrogen (secondary N) is 1. The summed E-state index contributed by atoms with van der Waals surface area (Å²) in [5.41, 5.74) is 2.19. The number of hydrogen-bond donors (Lipinski definition) is 1. The monoisotopic (exact) mass is 446 g/mol. The van der Waals surface area contributed by atoms with Crippen molar-refractivity contribution in [3.8, 4) is 0 Å². The molecule has 2 amide bonds. The standard InChI is InChI=1S/C28H31FN2O2/c1-3-21(2)30-28(33)26(18-22-12-6-4-7-13-22)31(20-23-14-8-5-9-15-23)27(32)19-24-16-10-11-17-25(24)29/h4-17,21,26H,3,18-20H2,1-2H3,(H,30,33)/t21-,26-/m1/s1. The lowest BCUT2D eigenvalue weighted by Gasteiger charge is -2.32. The van der Waals surface area contributed by atoms with Gasteiger partial charge in [-0.05, 0) is 36.1 Å². The number of carbonyl (C=O) groups excluding carboxylic acids is 2. The van der Waals surface area contributed by atoms with Crippen LogP contribution in [0.4, 0.5) is 4.39 Å². The van der Waals surface area contributed by atoms with Gasteiger partial charge in [-0.2, -0.15) is 0 Å². The van der Waals surface area contributed by atoms with E-state index in [1.807, 2.05) is 74.5 Å². The van der Waals surface area contributed by atoms with Gasteiger partial charge in [0, 0.05) is 19.0 Å². The minimum atomic E-state index is -0.721. The van der Waals surface area contributed by atoms with E-state index in [4.69, 9.17) is 0 Å². The lowest BCUT2D eigenvalue weighted by atomic mass is 10.0. The maximum atomic E-state index is 14.3. The number of amides is 2. The van der Waals surface area contributed by atoms with Gasteiger partial charge in [-0.1, -0.05) is 85.8 Å². The average Bonchev–Trinajstić information content (AvgIpc) is 2.83. The van der Waals surface area contributed by atoms with Crippen LogP contribution in [0.2, 0.25) is 0 Å². The van der Waals surface area contributed by atoms with Crippen molar-refractivity contribution in [3.05, 3.63) is 107 Å². The van der Waals surface area contributed by atoms with E-state index in [9.17, 15) is 14.0 Å². The molecule has 0 heterocycles. The lowest BCUT2D eigenvalue weighted by Crippen LogP contribution is -2.52. The fourth-order valence-electron chi connectivity index (χ4n) is 3.68. The summed E-state index contributed by atoms with van der Waals surface area (Å²) in [7, 11) is 0. The Morgan fingerprint density at radius 3 is 2.06 bits per heavy atom. The molecule has 3 aromatic carbocycles. The molecule has 0 radical (unpaired) electrons. The van der Waals surface area contributed by atoms with Crippen LogP contribution in [-0.4, -0.2) is 28.8 Å². The first-order valence-corrected chi connectivity index (χ1v) is 11.4. The van der Waals surface area contributed by atoms with Crippen LogP contribution >= 0.6 is 0 Å². The summed E-state index contributed by atoms with van der Waals surface area (Å²) >= 11 is 0. The maximum Gasteiger partial charge on any atom is 0.243 e. The van der Waals surface area contributed by atoms with Crippen molar-refractivity contribution in [2.45, 2.75) is 51.7 Å². The van der Waals surface area contributed by atoms with Crippen LogP contribution in [0.3, 0.4) is 0 Å². The van der Waals surface area contributed by atoms with Crippen LogP contribution in [0.15, 0.2) is 84.9 Å². The van der Waals surface area contributed by atoms with Crippen molar-refractivity contribution in [3.63, 3.8) is 0 Å². The highest BCUT2D eigenvalue weighted by Crippen LogP contribution is 2.18. The Kier molecular flexibility index (Phi) is 8.76. The van der Waals surface area contributed by atoms with Crippen molar-refractivity contribution < 1.29 is 14.0 Å². The number of halogens is 1. The summed E-state index contributed by atoms with van der Waals surface area (Å²) in [4.78, 5) is 28.5. The number of carbonyl (C=O) groups is 2. The zero-order chi connectivity index (χ0) is 23.6. The fraction of sp³-hybridized carbons (Fsp3) is 0.286. The summed E-state index contributed by atoms with van der Waals surface area (Å²) in [6.07, 6.45) is 1.05. The molecule has 0 saturated carbocycles. The molecule has 3 rings (SSSR count). The van der Waals surface area contributed by atoms with Crippen LogP contribution in [-0.2, 0) is 29.0 Å². The molecule has 0 aliphatic carbocycles. The molecule has 0 unspecified atom stereocenters. The van der Waals surface area contributed by atoms with Crippen LogP contribution < -0.4 is 5.32 Å². The Labute approximate surface area is 195 Å². The zero-order valence-electron chi connectivity index (χ0n) is 19.2. The summed E-state index contributed by atoms with van der Waals surface area (Å²) in [5.74, 6) is -0.913. The van der Waals surface area contributed by atoms with Gasteiger partial charge < -0.3 is 10.2 Å². The molecule has 1 N–H and O–H groups in total. The molecule has 0 spiro atoms. The van der Waals surface area contributed by atoms with E-state index in [0.29, 0.717) is 12.0 Å². The molecule has 4 nitrogen and oxygen atoms in total. The summed E-state index contributed by atoms with van der Waals surface area (Å²) in [5, 5.41) is 3.04. The van der Waals surface area contributed by atoms with E-state index in [0.717, 1.165) is 17.5 Å². The quantitative estimate of drug-likeness (QED) is 0.480. The summed E-state index contributed by atoms with van der Waals surface area (Å²) in [6, 6.07) is 24.8. The molecule has 0 saturated heterocycles. The number of rotatable bonds is 10. The molecule has 0 bridgehead atoms. The maximum absolute atomic E-state index is 14.3. The van der Waals surface area contributed by atoms with E-state index >= 15 is 0 Å². The highest BCUT2D eigenvalue weighted by atomic mass is 19.1. The number of benzene rings is 3. The predicted molar refractivity (Wildman–Crippen MR) is 129 cm³/mol. The molecule has 0 aromatic heterocycles. The molecular weight excluding hydrogens is 415 g/mol. The molecular formula is C28H31FN2O2. The van der Waals surface area contributed by atoms with Crippen LogP contribution in [0, 0.1) is 5.82 Å². The molecule has 2 atom stereocenters. The van der Waals surface area contributed by atoms with Gasteiger partial charge in [-0.25, -0.2) is 4.39 Å². The zero-order valence-corrected chi connectivity index (χ0v) is 19.2. The second-order valence-electron chi connectivity index (χ2n) is 8.30. The molecule has 5 heteroatoms. The molecule has 3 aromatic rings. The lowest BCUT2D eigenvalue weighted by molar-refractivity contribution is -0.141. The third-order valence-corrected chi connectivity index (χ3v) is 5.77. The van der Waals surface area contributed by atoms with Gasteiger partial charge >= 0.3 is 0 Å². The van der Waals surface area contributed by atoms with Gasteiger partial charge in [-0.15, -0.1) is 0 Å². The van der Waals surface area contributed by atoms with Gasteiger partial charge in [-0.3, -0.25) is 9.59 Å². The first-order valence-electron chi connectivity index (χ1n) is 11.4. The third kappa shape index (κ3) is 7.01. The van der Waals surface area contributed by atoms with Crippen molar-refractivity contribution in [2.75, 3.05) is 0 Å². The smallest absolute Gasteiger partial charge is 0.243 e. The van der Waals surface area contributed by atoms with Gasteiger partial charge in [0.05, 0.1) is 6.42 Å². The highest BCUT2D eigenvalue weighted by Gasteiger charge is 2.31. The largest absolute Gasteiger partial charge is 0.352 e. The number of hydrogen-bond acceptors (Lipinski definition) is 2. The van der Waals surface area contributed by atoms with Crippen molar-refractivity contribution in [1.82, 2.24) is 10.2 Å². The van der Waals surface area contributed by atoms with Crippen molar-refractivity contribution in [1.29, 1.82) is 0 Å². The van der Waals surface area contributed by atoms with Crippen molar-refractivity contribution in [2.24, 2.45) is 0 Å². The van der Waals surface area contributed by atoms with Gasteiger partial charge in [0.25, 0.3) is 0 Å². The topological polar surface area (TPSA) is 49.4 Å². The first kappa shape index (κ1) is 24.2. The van der Waals surface area contributed by atoms with E-state index in [2.05, 4.69) is 5.32 Å². The molecule has 0 aliphatic rings. The Morgan fingerprint density at radius 1 is 0.879 bits per heavy atom. The Balaban J connectivity index is 1.96. The predicted octanol–water partition coefficient (Wildman–Crippen LogP) is 4.92. The van der Waals surface area contributed by atoms with Gasteiger partial charge in [0.15, 0.2) is 0 Å². The fourth-order valence-corrected chi connectivity index (χ4v) is 3.68. The van der Waals surface area contributed by atoms with E-state index in [1.165, 1.54) is 6.07 Å². The first-order chi connectivity index (χ1) is 16.0. The minimum absolute atomic E-state index is 0.0176. The van der Waals surface area contributed by atoms with Crippen LogP contribution in [0.1, 0.15) is 37.0 Å². The van der Waals surface area contributed by atoms with Crippen LogP contribution in [0.5, 0.6) is 0 Å². The van der Waals surface area contributed by atoms with Crippen LogP contribution in [0.25, 0.3) is 0 Å². The van der Waals surface area contributed by atoms with E-state index < -0.39 is 11.9 Å². The highest BCUT2D eigenvalue weighted by molar-refractivity contribution is 5.89. The Bertz CT molecular complexity index is 1040. The number of nitrogens with zero attached hydrogens (tertiary/aromatic N) is 1. The van der Waals surface area contributed by atoms with E-state index in [1.54, 1.807) is 23.1 Å². The second kappa shape index (κ2) is 12.0. The van der Waals surface area contributed by atoms with Crippen molar-refractivity contribution >= 4 is 11.8 Å². The molecule has 172 valence electrons. The SMILES string of the molecule is CC[C@@H](C)NC(=O)[C@@H](Cc1ccccc1)N(Cc1ccccc1)C(=O)Cc1ccccc1F. The molecule has 0 fully saturated rings. The van der Waals surface area contributed by atoms with E-state index in [-0.39, 0.29) is 30.8 Å². The van der Waals surface area contributed by atoms with Gasteiger partial charge in [0.1, 0.15) is 11.9 Å². The second-order valence-corrected chi connectivity index (χ2v) is 8.30. The summed E-state index contributed by atoms with van der Waals surface area (Å²) in [6.45, 7) is 4.21. The Hall–Kier alpha value is -3.47. The summed E-state index contributed by atoms with van der Waals surface area (Å²) < 4.78 is 14.3. The minimum Gasteiger partial charge on any atom is -0.352 e. The molecule has 33 heavy (non-hydrogen) atoms. The van der Waals surface area contributed by atoms with Gasteiger partial charge in [0.2, 0.25) is 11.8 Å². The average molecular weight is 447 g/mol. The Morgan fingerprint density at radius 2 is 1.45 bits per heavy atom.